The van der Waals surface area contributed by atoms with Crippen molar-refractivity contribution in [1.82, 2.24) is 4.90 Å². The van der Waals surface area contributed by atoms with E-state index >= 15 is 0 Å². The van der Waals surface area contributed by atoms with Gasteiger partial charge < -0.3 is 10.2 Å². The van der Waals surface area contributed by atoms with Gasteiger partial charge in [0.1, 0.15) is 5.75 Å². The average Bonchev–Trinajstić information content (AvgIpc) is 2.18. The van der Waals surface area contributed by atoms with Crippen LogP contribution in [0.15, 0.2) is 24.3 Å². The zero-order valence-electron chi connectivity index (χ0n) is 10.5. The van der Waals surface area contributed by atoms with Crippen LogP contribution in [0, 0.1) is 0 Å². The van der Waals surface area contributed by atoms with Gasteiger partial charge in [-0.3, -0.25) is 9.69 Å². The highest BCUT2D eigenvalue weighted by Gasteiger charge is 2.24. The molecular formula is C13H19NO3. The van der Waals surface area contributed by atoms with Gasteiger partial charge in [-0.05, 0) is 26.8 Å². The van der Waals surface area contributed by atoms with Crippen LogP contribution in [-0.2, 0) is 11.3 Å². The Balaban J connectivity index is 2.87. The van der Waals surface area contributed by atoms with Crippen LogP contribution in [0.2, 0.25) is 0 Å². The Hall–Kier alpha value is -1.55. The van der Waals surface area contributed by atoms with Crippen LogP contribution in [0.5, 0.6) is 5.75 Å². The number of hydrogen-bond acceptors (Lipinski definition) is 3. The molecule has 4 nitrogen and oxygen atoms in total. The third-order valence-electron chi connectivity index (χ3n) is 2.63. The van der Waals surface area contributed by atoms with E-state index in [1.807, 2.05) is 31.7 Å². The predicted octanol–water partition coefficient (Wildman–Crippen LogP) is 2.08. The minimum atomic E-state index is -0.865. The summed E-state index contributed by atoms with van der Waals surface area (Å²) < 4.78 is 0. The molecule has 1 aromatic rings. The van der Waals surface area contributed by atoms with Gasteiger partial charge >= 0.3 is 5.97 Å². The molecule has 0 atom stereocenters. The van der Waals surface area contributed by atoms with Crippen LogP contribution in [0.4, 0.5) is 0 Å². The van der Waals surface area contributed by atoms with Crippen LogP contribution in [0.3, 0.4) is 0 Å². The van der Waals surface area contributed by atoms with Gasteiger partial charge in [-0.15, -0.1) is 0 Å². The molecule has 0 fully saturated rings. The highest BCUT2D eigenvalue weighted by molar-refractivity contribution is 5.69. The zero-order valence-corrected chi connectivity index (χ0v) is 10.5. The first-order chi connectivity index (χ1) is 7.80. The molecule has 1 aromatic carbocycles. The van der Waals surface area contributed by atoms with E-state index in [9.17, 15) is 9.90 Å². The molecule has 0 radical (unpaired) electrons. The average molecular weight is 237 g/mol. The quantitative estimate of drug-likeness (QED) is 0.841. The number of carbonyl (C=O) groups is 1. The lowest BCUT2D eigenvalue weighted by Crippen LogP contribution is -2.43. The fourth-order valence-electron chi connectivity index (χ4n) is 1.54. The molecule has 0 amide bonds. The second-order valence-electron chi connectivity index (χ2n) is 5.05. The van der Waals surface area contributed by atoms with Crippen molar-refractivity contribution in [2.75, 3.05) is 6.54 Å². The standard InChI is InChI=1S/C13H19NO3/c1-13(2,3)14(9-12(16)17)8-10-6-4-5-7-11(10)15/h4-7,15H,8-9H2,1-3H3,(H,16,17). The van der Waals surface area contributed by atoms with Gasteiger partial charge in [0.15, 0.2) is 0 Å². The van der Waals surface area contributed by atoms with Crippen LogP contribution in [0.1, 0.15) is 26.3 Å². The van der Waals surface area contributed by atoms with Crippen molar-refractivity contribution in [1.29, 1.82) is 0 Å². The van der Waals surface area contributed by atoms with E-state index in [2.05, 4.69) is 0 Å². The molecule has 94 valence electrons. The molecule has 2 N–H and O–H groups in total. The summed E-state index contributed by atoms with van der Waals surface area (Å²) in [6, 6.07) is 6.99. The molecule has 0 unspecified atom stereocenters. The molecule has 4 heteroatoms. The highest BCUT2D eigenvalue weighted by Crippen LogP contribution is 2.22. The van der Waals surface area contributed by atoms with E-state index in [-0.39, 0.29) is 17.8 Å². The molecule has 0 heterocycles. The number of aliphatic carboxylic acids is 1. The first kappa shape index (κ1) is 13.5. The lowest BCUT2D eigenvalue weighted by Gasteiger charge is -2.34. The summed E-state index contributed by atoms with van der Waals surface area (Å²) in [4.78, 5) is 12.6. The number of phenols is 1. The number of hydrogen-bond donors (Lipinski definition) is 2. The molecule has 0 spiro atoms. The molecule has 0 saturated heterocycles. The van der Waals surface area contributed by atoms with Crippen molar-refractivity contribution in [2.24, 2.45) is 0 Å². The normalized spacial score (nSPS) is 11.8. The molecule has 0 aliphatic heterocycles. The Morgan fingerprint density at radius 2 is 1.88 bits per heavy atom. The number of carboxylic acids is 1. The Morgan fingerprint density at radius 3 is 2.35 bits per heavy atom. The van der Waals surface area contributed by atoms with E-state index in [0.717, 1.165) is 5.56 Å². The number of para-hydroxylation sites is 1. The van der Waals surface area contributed by atoms with Gasteiger partial charge in [-0.1, -0.05) is 18.2 Å². The SMILES string of the molecule is CC(C)(C)N(CC(=O)O)Cc1ccccc1O. The van der Waals surface area contributed by atoms with Crippen molar-refractivity contribution >= 4 is 5.97 Å². The minimum absolute atomic E-state index is 0.0438. The van der Waals surface area contributed by atoms with Crippen molar-refractivity contribution < 1.29 is 15.0 Å². The molecule has 0 aliphatic rings. The lowest BCUT2D eigenvalue weighted by molar-refractivity contribution is -0.139. The number of rotatable bonds is 4. The Bertz CT molecular complexity index is 396. The van der Waals surface area contributed by atoms with E-state index in [0.29, 0.717) is 6.54 Å². The zero-order chi connectivity index (χ0) is 13.1. The van der Waals surface area contributed by atoms with Crippen LogP contribution in [-0.4, -0.2) is 33.2 Å². The summed E-state index contributed by atoms with van der Waals surface area (Å²) in [5.74, 6) is -0.664. The van der Waals surface area contributed by atoms with Crippen molar-refractivity contribution in [3.05, 3.63) is 29.8 Å². The smallest absolute Gasteiger partial charge is 0.317 e. The summed E-state index contributed by atoms with van der Waals surface area (Å²) in [5.41, 5.74) is 0.476. The first-order valence-electron chi connectivity index (χ1n) is 5.54. The first-order valence-corrected chi connectivity index (χ1v) is 5.54. The number of aromatic hydroxyl groups is 1. The number of carboxylic acid groups (broad SMARTS) is 1. The van der Waals surface area contributed by atoms with E-state index in [1.54, 1.807) is 18.2 Å². The van der Waals surface area contributed by atoms with Crippen LogP contribution < -0.4 is 0 Å². The van der Waals surface area contributed by atoms with Gasteiger partial charge in [0.25, 0.3) is 0 Å². The van der Waals surface area contributed by atoms with E-state index in [4.69, 9.17) is 5.11 Å². The topological polar surface area (TPSA) is 60.8 Å². The second kappa shape index (κ2) is 5.19. The maximum absolute atomic E-state index is 10.8. The van der Waals surface area contributed by atoms with Gasteiger partial charge in [0.2, 0.25) is 0 Å². The fourth-order valence-corrected chi connectivity index (χ4v) is 1.54. The molecule has 1 rings (SSSR count). The molecule has 0 aliphatic carbocycles. The van der Waals surface area contributed by atoms with Crippen LogP contribution in [0.25, 0.3) is 0 Å². The largest absolute Gasteiger partial charge is 0.508 e. The van der Waals surface area contributed by atoms with Crippen molar-refractivity contribution in [3.63, 3.8) is 0 Å². The highest BCUT2D eigenvalue weighted by atomic mass is 16.4. The number of nitrogens with zero attached hydrogens (tertiary/aromatic N) is 1. The molecular weight excluding hydrogens is 218 g/mol. The maximum Gasteiger partial charge on any atom is 0.317 e. The van der Waals surface area contributed by atoms with Crippen molar-refractivity contribution in [2.45, 2.75) is 32.9 Å². The summed E-state index contributed by atoms with van der Waals surface area (Å²) in [6.07, 6.45) is 0. The summed E-state index contributed by atoms with van der Waals surface area (Å²) >= 11 is 0. The second-order valence-corrected chi connectivity index (χ2v) is 5.05. The Morgan fingerprint density at radius 1 is 1.29 bits per heavy atom. The molecule has 17 heavy (non-hydrogen) atoms. The van der Waals surface area contributed by atoms with Gasteiger partial charge in [0, 0.05) is 17.6 Å². The van der Waals surface area contributed by atoms with Gasteiger partial charge in [-0.2, -0.15) is 0 Å². The van der Waals surface area contributed by atoms with Gasteiger partial charge in [0.05, 0.1) is 6.54 Å². The third kappa shape index (κ3) is 4.07. The molecule has 0 saturated carbocycles. The van der Waals surface area contributed by atoms with Crippen molar-refractivity contribution in [3.8, 4) is 5.75 Å². The van der Waals surface area contributed by atoms with E-state index in [1.165, 1.54) is 0 Å². The molecule has 0 bridgehead atoms. The van der Waals surface area contributed by atoms with Crippen LogP contribution >= 0.6 is 0 Å². The lowest BCUT2D eigenvalue weighted by atomic mass is 10.0. The summed E-state index contributed by atoms with van der Waals surface area (Å²) in [6.45, 7) is 6.24. The minimum Gasteiger partial charge on any atom is -0.508 e. The van der Waals surface area contributed by atoms with E-state index < -0.39 is 5.97 Å². The summed E-state index contributed by atoms with van der Waals surface area (Å²) in [5, 5.41) is 18.6. The summed E-state index contributed by atoms with van der Waals surface area (Å²) in [7, 11) is 0. The number of benzene rings is 1. The predicted molar refractivity (Wildman–Crippen MR) is 65.9 cm³/mol. The fraction of sp³-hybridized carbons (Fsp3) is 0.462. The third-order valence-corrected chi connectivity index (χ3v) is 2.63. The van der Waals surface area contributed by atoms with Gasteiger partial charge in [-0.25, -0.2) is 0 Å². The Labute approximate surface area is 101 Å². The molecule has 0 aromatic heterocycles. The monoisotopic (exact) mass is 237 g/mol. The Kier molecular flexibility index (Phi) is 4.12. The maximum atomic E-state index is 10.8. The number of phenolic OH excluding ortho intramolecular Hbond substituents is 1.